The summed E-state index contributed by atoms with van der Waals surface area (Å²) in [6.07, 6.45) is 3.18. The minimum absolute atomic E-state index is 0.267. The Morgan fingerprint density at radius 2 is 2.24 bits per heavy atom. The van der Waals surface area contributed by atoms with Crippen LogP contribution in [0.2, 0.25) is 0 Å². The van der Waals surface area contributed by atoms with E-state index in [1.165, 1.54) is 10.8 Å². The fourth-order valence-electron chi connectivity index (χ4n) is 1.53. The second kappa shape index (κ2) is 5.45. The van der Waals surface area contributed by atoms with E-state index in [2.05, 4.69) is 10.3 Å². The average molecular weight is 233 g/mol. The molecule has 2 aromatic rings. The molecule has 5 heteroatoms. The van der Waals surface area contributed by atoms with Gasteiger partial charge in [-0.3, -0.25) is 4.57 Å². The summed E-state index contributed by atoms with van der Waals surface area (Å²) in [4.78, 5) is 15.1. The van der Waals surface area contributed by atoms with Crippen LogP contribution < -0.4 is 11.0 Å². The summed E-state index contributed by atoms with van der Waals surface area (Å²) in [5, 5.41) is 3.18. The van der Waals surface area contributed by atoms with Gasteiger partial charge in [0, 0.05) is 12.4 Å². The van der Waals surface area contributed by atoms with E-state index in [9.17, 15) is 4.79 Å². The molecule has 0 aliphatic rings. The van der Waals surface area contributed by atoms with Gasteiger partial charge in [-0.1, -0.05) is 6.92 Å². The van der Waals surface area contributed by atoms with Gasteiger partial charge in [-0.2, -0.15) is 0 Å². The first-order valence-corrected chi connectivity index (χ1v) is 5.59. The van der Waals surface area contributed by atoms with E-state index < -0.39 is 0 Å². The normalized spacial score (nSPS) is 10.6. The molecule has 5 nitrogen and oxygen atoms in total. The molecule has 0 fully saturated rings. The molecule has 0 atom stereocenters. The lowest BCUT2D eigenvalue weighted by Crippen LogP contribution is -2.21. The first kappa shape index (κ1) is 11.6. The lowest BCUT2D eigenvalue weighted by molar-refractivity contribution is 0.436. The van der Waals surface area contributed by atoms with Crippen LogP contribution >= 0.6 is 0 Å². The smallest absolute Gasteiger partial charge is 0.347 e. The number of aromatic nitrogens is 2. The topological polar surface area (TPSA) is 60.1 Å². The lowest BCUT2D eigenvalue weighted by atomic mass is 10.4. The first-order valence-electron chi connectivity index (χ1n) is 5.59. The second-order valence-electron chi connectivity index (χ2n) is 3.68. The summed E-state index contributed by atoms with van der Waals surface area (Å²) in [5.41, 5.74) is -0.267. The number of rotatable bonds is 5. The monoisotopic (exact) mass is 233 g/mol. The molecule has 2 aromatic heterocycles. The molecule has 0 saturated carbocycles. The molecule has 0 saturated heterocycles. The Kier molecular flexibility index (Phi) is 3.72. The van der Waals surface area contributed by atoms with Gasteiger partial charge in [0.15, 0.2) is 0 Å². The van der Waals surface area contributed by atoms with Gasteiger partial charge in [-0.05, 0) is 24.7 Å². The zero-order chi connectivity index (χ0) is 12.1. The quantitative estimate of drug-likeness (QED) is 0.836. The highest BCUT2D eigenvalue weighted by atomic mass is 16.3. The third kappa shape index (κ3) is 3.04. The van der Waals surface area contributed by atoms with Gasteiger partial charge in [-0.15, -0.1) is 0 Å². The van der Waals surface area contributed by atoms with E-state index in [-0.39, 0.29) is 5.69 Å². The number of nitrogens with one attached hydrogen (secondary N) is 1. The Balaban J connectivity index is 2.07. The van der Waals surface area contributed by atoms with E-state index in [0.29, 0.717) is 13.1 Å². The van der Waals surface area contributed by atoms with Crippen molar-refractivity contribution in [1.82, 2.24) is 14.9 Å². The van der Waals surface area contributed by atoms with Gasteiger partial charge in [-0.25, -0.2) is 9.78 Å². The summed E-state index contributed by atoms with van der Waals surface area (Å²) in [5.74, 6) is 1.63. The van der Waals surface area contributed by atoms with Crippen LogP contribution in [0.3, 0.4) is 0 Å². The van der Waals surface area contributed by atoms with Crippen molar-refractivity contribution in [1.29, 1.82) is 0 Å². The Bertz CT molecular complexity index is 530. The molecule has 0 aromatic carbocycles. The van der Waals surface area contributed by atoms with Crippen molar-refractivity contribution in [3.05, 3.63) is 52.6 Å². The molecular weight excluding hydrogens is 218 g/mol. The van der Waals surface area contributed by atoms with Gasteiger partial charge in [0.2, 0.25) is 0 Å². The summed E-state index contributed by atoms with van der Waals surface area (Å²) >= 11 is 0. The highest BCUT2D eigenvalue weighted by Crippen LogP contribution is 2.08. The van der Waals surface area contributed by atoms with Crippen LogP contribution in [0.4, 0.5) is 0 Å². The van der Waals surface area contributed by atoms with Crippen molar-refractivity contribution in [3.8, 4) is 0 Å². The van der Waals surface area contributed by atoms with Crippen LogP contribution in [-0.4, -0.2) is 16.1 Å². The maximum absolute atomic E-state index is 11.4. The van der Waals surface area contributed by atoms with E-state index >= 15 is 0 Å². The van der Waals surface area contributed by atoms with Gasteiger partial charge < -0.3 is 9.73 Å². The molecule has 2 rings (SSSR count). The zero-order valence-corrected chi connectivity index (χ0v) is 9.72. The van der Waals surface area contributed by atoms with E-state index in [1.807, 2.05) is 19.1 Å². The second-order valence-corrected chi connectivity index (χ2v) is 3.68. The van der Waals surface area contributed by atoms with Gasteiger partial charge >= 0.3 is 5.69 Å². The molecular formula is C12H15N3O2. The van der Waals surface area contributed by atoms with Crippen LogP contribution in [0.15, 0.2) is 39.8 Å². The summed E-state index contributed by atoms with van der Waals surface area (Å²) in [6.45, 7) is 4.06. The van der Waals surface area contributed by atoms with Gasteiger partial charge in [0.05, 0.1) is 13.1 Å². The average Bonchev–Trinajstić information content (AvgIpc) is 2.77. The standard InChI is InChI=1S/C12H15N3O2/c1-2-13-8-10-4-5-11(17-10)9-15-7-3-6-14-12(15)16/h3-7,13H,2,8-9H2,1H3. The molecule has 0 bridgehead atoms. The van der Waals surface area contributed by atoms with Crippen molar-refractivity contribution >= 4 is 0 Å². The van der Waals surface area contributed by atoms with Crippen LogP contribution in [0.5, 0.6) is 0 Å². The predicted octanol–water partition coefficient (Wildman–Crippen LogP) is 0.994. The van der Waals surface area contributed by atoms with Crippen molar-refractivity contribution < 1.29 is 4.42 Å². The molecule has 0 amide bonds. The highest BCUT2D eigenvalue weighted by Gasteiger charge is 2.03. The van der Waals surface area contributed by atoms with Crippen molar-refractivity contribution in [2.45, 2.75) is 20.0 Å². The first-order chi connectivity index (χ1) is 8.29. The Labute approximate surface area is 99.1 Å². The molecule has 17 heavy (non-hydrogen) atoms. The Hall–Kier alpha value is -1.88. The van der Waals surface area contributed by atoms with E-state index in [0.717, 1.165) is 18.1 Å². The SMILES string of the molecule is CCNCc1ccc(Cn2cccnc2=O)o1. The van der Waals surface area contributed by atoms with Crippen LogP contribution in [0, 0.1) is 0 Å². The van der Waals surface area contributed by atoms with E-state index in [4.69, 9.17) is 4.42 Å². The summed E-state index contributed by atoms with van der Waals surface area (Å²) < 4.78 is 7.10. The lowest BCUT2D eigenvalue weighted by Gasteiger charge is -2.01. The van der Waals surface area contributed by atoms with E-state index in [1.54, 1.807) is 12.3 Å². The summed E-state index contributed by atoms with van der Waals surface area (Å²) in [7, 11) is 0. The zero-order valence-electron chi connectivity index (χ0n) is 9.72. The molecule has 0 aliphatic heterocycles. The molecule has 0 radical (unpaired) electrons. The number of furan rings is 1. The Morgan fingerprint density at radius 3 is 3.00 bits per heavy atom. The molecule has 90 valence electrons. The van der Waals surface area contributed by atoms with Gasteiger partial charge in [0.1, 0.15) is 11.5 Å². The minimum atomic E-state index is -0.267. The molecule has 1 N–H and O–H groups in total. The van der Waals surface area contributed by atoms with Gasteiger partial charge in [0.25, 0.3) is 0 Å². The minimum Gasteiger partial charge on any atom is -0.463 e. The third-order valence-corrected chi connectivity index (χ3v) is 2.38. The number of hydrogen-bond acceptors (Lipinski definition) is 4. The maximum Gasteiger partial charge on any atom is 0.347 e. The fraction of sp³-hybridized carbons (Fsp3) is 0.333. The number of hydrogen-bond donors (Lipinski definition) is 1. The van der Waals surface area contributed by atoms with Crippen molar-refractivity contribution in [2.75, 3.05) is 6.54 Å². The molecule has 0 spiro atoms. The van der Waals surface area contributed by atoms with Crippen molar-refractivity contribution in [3.63, 3.8) is 0 Å². The Morgan fingerprint density at radius 1 is 1.41 bits per heavy atom. The molecule has 2 heterocycles. The van der Waals surface area contributed by atoms with Crippen LogP contribution in [0.25, 0.3) is 0 Å². The van der Waals surface area contributed by atoms with Crippen LogP contribution in [0.1, 0.15) is 18.4 Å². The number of nitrogens with zero attached hydrogens (tertiary/aromatic N) is 2. The van der Waals surface area contributed by atoms with Crippen molar-refractivity contribution in [2.24, 2.45) is 0 Å². The van der Waals surface area contributed by atoms with Crippen LogP contribution in [-0.2, 0) is 13.1 Å². The highest BCUT2D eigenvalue weighted by molar-refractivity contribution is 5.07. The largest absolute Gasteiger partial charge is 0.463 e. The third-order valence-electron chi connectivity index (χ3n) is 2.38. The molecule has 0 aliphatic carbocycles. The fourth-order valence-corrected chi connectivity index (χ4v) is 1.53. The predicted molar refractivity (Wildman–Crippen MR) is 63.7 cm³/mol. The summed E-state index contributed by atoms with van der Waals surface area (Å²) in [6, 6.07) is 5.52. The molecule has 0 unspecified atom stereocenters. The maximum atomic E-state index is 11.4.